The largest absolute Gasteiger partial charge is 0.460 e. The number of halogens is 4. The van der Waals surface area contributed by atoms with Gasteiger partial charge in [-0.3, -0.25) is 4.79 Å². The molecule has 8 heteroatoms. The summed E-state index contributed by atoms with van der Waals surface area (Å²) < 4.78 is 65.5. The number of hydrogen-bond donors (Lipinski definition) is 0. The number of hydrogen-bond acceptors (Lipinski definition) is 3. The maximum Gasteiger partial charge on any atom is 0.417 e. The summed E-state index contributed by atoms with van der Waals surface area (Å²) in [4.78, 5) is 12.1. The Morgan fingerprint density at radius 2 is 1.83 bits per heavy atom. The van der Waals surface area contributed by atoms with E-state index >= 15 is 0 Å². The summed E-state index contributed by atoms with van der Waals surface area (Å²) in [6, 6.07) is 13.0. The zero-order valence-electron chi connectivity index (χ0n) is 14.9. The molecule has 4 rings (SSSR count). The van der Waals surface area contributed by atoms with Gasteiger partial charge in [0, 0.05) is 29.0 Å². The molecule has 3 aromatic rings. The summed E-state index contributed by atoms with van der Waals surface area (Å²) in [5.41, 5.74) is -0.181. The van der Waals surface area contributed by atoms with Crippen molar-refractivity contribution in [3.8, 4) is 5.75 Å². The van der Waals surface area contributed by atoms with E-state index in [1.54, 1.807) is 12.1 Å². The number of rotatable bonds is 3. The number of aromatic nitrogens is 1. The maximum atomic E-state index is 14.1. The van der Waals surface area contributed by atoms with E-state index in [4.69, 9.17) is 9.47 Å². The fraction of sp³-hybridized carbons (Fsp3) is 0.190. The Kier molecular flexibility index (Phi) is 4.87. The maximum absolute atomic E-state index is 14.1. The van der Waals surface area contributed by atoms with E-state index in [-0.39, 0.29) is 18.7 Å². The Balaban J connectivity index is 1.71. The molecule has 150 valence electrons. The van der Waals surface area contributed by atoms with E-state index in [0.29, 0.717) is 17.5 Å². The quantitative estimate of drug-likeness (QED) is 0.595. The van der Waals surface area contributed by atoms with Gasteiger partial charge in [0.05, 0.1) is 18.7 Å². The van der Waals surface area contributed by atoms with Crippen LogP contribution in [0.1, 0.15) is 28.5 Å². The van der Waals surface area contributed by atoms with Crippen LogP contribution in [0, 0.1) is 5.82 Å². The Morgan fingerprint density at radius 1 is 1.07 bits per heavy atom. The smallest absolute Gasteiger partial charge is 0.417 e. The number of pyridine rings is 1. The van der Waals surface area contributed by atoms with Crippen molar-refractivity contribution in [3.63, 3.8) is 0 Å². The number of nitrogens with zero attached hydrogens (tertiary/aromatic N) is 1. The number of fused-ring (bicyclic) bond motifs is 1. The molecular weight excluding hydrogens is 390 g/mol. The average Bonchev–Trinajstić information content (AvgIpc) is 2.69. The van der Waals surface area contributed by atoms with Crippen LogP contribution in [0.4, 0.5) is 17.6 Å². The minimum absolute atomic E-state index is 0.0666. The lowest BCUT2D eigenvalue weighted by atomic mass is 10.1. The zero-order chi connectivity index (χ0) is 20.6. The number of alkyl halides is 3. The first-order chi connectivity index (χ1) is 13.8. The minimum Gasteiger partial charge on any atom is -0.460 e. The molecule has 1 aliphatic heterocycles. The van der Waals surface area contributed by atoms with Gasteiger partial charge in [-0.15, -0.1) is 0 Å². The van der Waals surface area contributed by atoms with Gasteiger partial charge in [-0.1, -0.05) is 30.3 Å². The van der Waals surface area contributed by atoms with E-state index in [1.165, 1.54) is 6.07 Å². The van der Waals surface area contributed by atoms with Crippen LogP contribution >= 0.6 is 0 Å². The van der Waals surface area contributed by atoms with Crippen molar-refractivity contribution in [2.75, 3.05) is 0 Å². The Bertz CT molecular complexity index is 1090. The molecule has 0 aliphatic carbocycles. The van der Waals surface area contributed by atoms with Crippen LogP contribution in [-0.2, 0) is 24.1 Å². The molecule has 4 nitrogen and oxygen atoms in total. The van der Waals surface area contributed by atoms with Gasteiger partial charge in [0.25, 0.3) is 5.56 Å². The molecule has 0 spiro atoms. The van der Waals surface area contributed by atoms with Gasteiger partial charge in [-0.05, 0) is 18.2 Å². The van der Waals surface area contributed by atoms with E-state index in [1.807, 2.05) is 18.2 Å². The number of ether oxygens (including phenoxy) is 2. The van der Waals surface area contributed by atoms with Gasteiger partial charge in [0.2, 0.25) is 6.29 Å². The molecule has 1 atom stereocenters. The fourth-order valence-electron chi connectivity index (χ4n) is 3.17. The second-order valence-electron chi connectivity index (χ2n) is 6.61. The monoisotopic (exact) mass is 405 g/mol. The zero-order valence-corrected chi connectivity index (χ0v) is 14.9. The molecule has 0 bridgehead atoms. The molecule has 0 amide bonds. The summed E-state index contributed by atoms with van der Waals surface area (Å²) in [5, 5.41) is 0. The van der Waals surface area contributed by atoms with Gasteiger partial charge < -0.3 is 14.0 Å². The SMILES string of the molecule is O=c1ccc(C(F)(F)F)cn1Cc1cc(F)cc2c1O[C@H](c1ccccc1)OC2. The second-order valence-corrected chi connectivity index (χ2v) is 6.61. The fourth-order valence-corrected chi connectivity index (χ4v) is 3.17. The number of benzene rings is 2. The van der Waals surface area contributed by atoms with Crippen LogP contribution in [0.2, 0.25) is 0 Å². The third-order valence-corrected chi connectivity index (χ3v) is 4.55. The van der Waals surface area contributed by atoms with Crippen LogP contribution in [0.15, 0.2) is 65.6 Å². The summed E-state index contributed by atoms with van der Waals surface area (Å²) in [7, 11) is 0. The Labute approximate surface area is 162 Å². The van der Waals surface area contributed by atoms with Crippen molar-refractivity contribution in [2.24, 2.45) is 0 Å². The van der Waals surface area contributed by atoms with E-state index in [2.05, 4.69) is 0 Å². The van der Waals surface area contributed by atoms with Crippen LogP contribution < -0.4 is 10.3 Å². The Hall–Kier alpha value is -3.13. The average molecular weight is 405 g/mol. The molecule has 29 heavy (non-hydrogen) atoms. The summed E-state index contributed by atoms with van der Waals surface area (Å²) >= 11 is 0. The molecule has 2 heterocycles. The first-order valence-corrected chi connectivity index (χ1v) is 8.73. The normalized spacial score (nSPS) is 16.2. The highest BCUT2D eigenvalue weighted by Gasteiger charge is 2.31. The summed E-state index contributed by atoms with van der Waals surface area (Å²) in [5.74, 6) is -0.292. The molecule has 0 saturated carbocycles. The Morgan fingerprint density at radius 3 is 2.55 bits per heavy atom. The third-order valence-electron chi connectivity index (χ3n) is 4.55. The van der Waals surface area contributed by atoms with Crippen LogP contribution in [0.3, 0.4) is 0 Å². The molecule has 1 aromatic heterocycles. The van der Waals surface area contributed by atoms with Gasteiger partial charge in [-0.25, -0.2) is 4.39 Å². The highest BCUT2D eigenvalue weighted by atomic mass is 19.4. The van der Waals surface area contributed by atoms with Gasteiger partial charge >= 0.3 is 6.18 Å². The van der Waals surface area contributed by atoms with Crippen LogP contribution in [0.25, 0.3) is 0 Å². The molecule has 0 unspecified atom stereocenters. The highest BCUT2D eigenvalue weighted by Crippen LogP contribution is 2.37. The topological polar surface area (TPSA) is 40.5 Å². The standard InChI is InChI=1S/C21H15F4NO3/c22-17-8-14(10-26-11-16(21(23,24)25)6-7-18(26)27)19-15(9-17)12-28-20(29-19)13-4-2-1-3-5-13/h1-9,11,20H,10,12H2/t20-/m1/s1. The van der Waals surface area contributed by atoms with Crippen molar-refractivity contribution >= 4 is 0 Å². The summed E-state index contributed by atoms with van der Waals surface area (Å²) in [6.07, 6.45) is -4.63. The van der Waals surface area contributed by atoms with Crippen molar-refractivity contribution in [2.45, 2.75) is 25.6 Å². The first-order valence-electron chi connectivity index (χ1n) is 8.73. The predicted octanol–water partition coefficient (Wildman–Crippen LogP) is 4.66. The minimum atomic E-state index is -4.60. The molecule has 1 aliphatic rings. The third kappa shape index (κ3) is 4.02. The molecule has 0 N–H and O–H groups in total. The van der Waals surface area contributed by atoms with E-state index in [0.717, 1.165) is 28.3 Å². The highest BCUT2D eigenvalue weighted by molar-refractivity contribution is 5.43. The van der Waals surface area contributed by atoms with Crippen molar-refractivity contribution < 1.29 is 27.0 Å². The lowest BCUT2D eigenvalue weighted by Gasteiger charge is -2.28. The molecule has 0 fully saturated rings. The van der Waals surface area contributed by atoms with Gasteiger partial charge in [0.1, 0.15) is 11.6 Å². The van der Waals surface area contributed by atoms with Crippen molar-refractivity contribution in [1.29, 1.82) is 0 Å². The van der Waals surface area contributed by atoms with Gasteiger partial charge in [0.15, 0.2) is 0 Å². The lowest BCUT2D eigenvalue weighted by Crippen LogP contribution is -2.24. The first kappa shape index (κ1) is 19.2. The lowest BCUT2D eigenvalue weighted by molar-refractivity contribution is -0.138. The van der Waals surface area contributed by atoms with Crippen LogP contribution in [0.5, 0.6) is 5.75 Å². The predicted molar refractivity (Wildman–Crippen MR) is 95.8 cm³/mol. The van der Waals surface area contributed by atoms with Crippen molar-refractivity contribution in [3.05, 3.63) is 99.2 Å². The van der Waals surface area contributed by atoms with E-state index in [9.17, 15) is 22.4 Å². The second kappa shape index (κ2) is 7.36. The molecule has 0 radical (unpaired) electrons. The summed E-state index contributed by atoms with van der Waals surface area (Å²) in [6.45, 7) is -0.207. The molecular formula is C21H15F4NO3. The molecule has 0 saturated heterocycles. The molecule has 2 aromatic carbocycles. The van der Waals surface area contributed by atoms with Crippen LogP contribution in [-0.4, -0.2) is 4.57 Å². The van der Waals surface area contributed by atoms with E-state index < -0.39 is 29.4 Å². The van der Waals surface area contributed by atoms with Crippen molar-refractivity contribution in [1.82, 2.24) is 4.57 Å². The van der Waals surface area contributed by atoms with Gasteiger partial charge in [-0.2, -0.15) is 13.2 Å².